The zero-order valence-corrected chi connectivity index (χ0v) is 15.6. The van der Waals surface area contributed by atoms with Gasteiger partial charge in [-0.2, -0.15) is 0 Å². The summed E-state index contributed by atoms with van der Waals surface area (Å²) in [6.45, 7) is -0.0562. The van der Waals surface area contributed by atoms with Gasteiger partial charge in [-0.3, -0.25) is 23.3 Å². The van der Waals surface area contributed by atoms with E-state index in [2.05, 4.69) is 25.9 Å². The van der Waals surface area contributed by atoms with Gasteiger partial charge >= 0.3 is 5.69 Å². The molecular formula is C17H14BrN5O3. The molecule has 0 aliphatic rings. The number of nitrogens with zero attached hydrogens (tertiary/aromatic N) is 4. The first kappa shape index (κ1) is 16.5. The molecule has 0 atom stereocenters. The smallest absolute Gasteiger partial charge is 0.332 e. The van der Waals surface area contributed by atoms with Crippen molar-refractivity contribution < 1.29 is 4.79 Å². The van der Waals surface area contributed by atoms with Gasteiger partial charge in [0.05, 0.1) is 6.54 Å². The highest BCUT2D eigenvalue weighted by Crippen LogP contribution is 2.21. The Labute approximate surface area is 154 Å². The summed E-state index contributed by atoms with van der Waals surface area (Å²) in [7, 11) is 2.94. The van der Waals surface area contributed by atoms with Gasteiger partial charge in [0, 0.05) is 36.8 Å². The minimum Gasteiger partial charge on any atom is -0.360 e. The number of aryl methyl sites for hydroxylation is 1. The molecule has 0 amide bonds. The molecule has 1 N–H and O–H groups in total. The molecule has 0 aliphatic heterocycles. The van der Waals surface area contributed by atoms with E-state index in [1.54, 1.807) is 13.2 Å². The Morgan fingerprint density at radius 1 is 1.19 bits per heavy atom. The Bertz CT molecular complexity index is 1310. The number of rotatable bonds is 3. The van der Waals surface area contributed by atoms with Gasteiger partial charge in [-0.15, -0.1) is 0 Å². The zero-order valence-electron chi connectivity index (χ0n) is 14.0. The number of H-pyrrole nitrogens is 1. The third kappa shape index (κ3) is 2.27. The number of halogens is 1. The van der Waals surface area contributed by atoms with Crippen LogP contribution < -0.4 is 11.2 Å². The van der Waals surface area contributed by atoms with Crippen molar-refractivity contribution in [1.82, 2.24) is 23.7 Å². The van der Waals surface area contributed by atoms with E-state index in [9.17, 15) is 14.4 Å². The molecule has 0 unspecified atom stereocenters. The van der Waals surface area contributed by atoms with Crippen molar-refractivity contribution >= 4 is 43.8 Å². The van der Waals surface area contributed by atoms with E-state index in [4.69, 9.17) is 0 Å². The van der Waals surface area contributed by atoms with Crippen LogP contribution in [-0.2, 0) is 20.6 Å². The number of carbonyl (C=O) groups excluding carboxylic acids is 1. The Kier molecular flexibility index (Phi) is 3.69. The lowest BCUT2D eigenvalue weighted by Crippen LogP contribution is -2.37. The molecule has 8 nitrogen and oxygen atoms in total. The van der Waals surface area contributed by atoms with Crippen molar-refractivity contribution in [3.63, 3.8) is 0 Å². The number of hydrogen-bond acceptors (Lipinski definition) is 4. The minimum absolute atomic E-state index is 0.0562. The monoisotopic (exact) mass is 415 g/mol. The summed E-state index contributed by atoms with van der Waals surface area (Å²) in [6, 6.07) is 7.51. The van der Waals surface area contributed by atoms with E-state index < -0.39 is 11.2 Å². The molecule has 3 aromatic heterocycles. The normalized spacial score (nSPS) is 11.5. The molecule has 4 aromatic rings. The Morgan fingerprint density at radius 3 is 2.69 bits per heavy atom. The van der Waals surface area contributed by atoms with Gasteiger partial charge in [0.2, 0.25) is 0 Å². The number of aromatic amines is 1. The van der Waals surface area contributed by atoms with Crippen molar-refractivity contribution in [3.8, 4) is 0 Å². The molecule has 132 valence electrons. The Hall–Kier alpha value is -2.94. The van der Waals surface area contributed by atoms with Crippen LogP contribution in [0, 0.1) is 0 Å². The summed E-state index contributed by atoms with van der Waals surface area (Å²) in [6.07, 6.45) is 1.66. The number of benzene rings is 1. The van der Waals surface area contributed by atoms with Crippen LogP contribution in [0.1, 0.15) is 10.4 Å². The fourth-order valence-corrected chi connectivity index (χ4v) is 3.60. The number of nitrogens with one attached hydrogen (secondary N) is 1. The Morgan fingerprint density at radius 2 is 1.92 bits per heavy atom. The maximum absolute atomic E-state index is 12.9. The number of aromatic nitrogens is 5. The van der Waals surface area contributed by atoms with Crippen molar-refractivity contribution in [2.24, 2.45) is 14.1 Å². The molecule has 9 heteroatoms. The lowest BCUT2D eigenvalue weighted by molar-refractivity contribution is 0.0974. The van der Waals surface area contributed by atoms with Crippen LogP contribution in [-0.4, -0.2) is 29.5 Å². The summed E-state index contributed by atoms with van der Waals surface area (Å²) in [4.78, 5) is 44.7. The highest BCUT2D eigenvalue weighted by Gasteiger charge is 2.21. The third-order valence-electron chi connectivity index (χ3n) is 4.48. The summed E-state index contributed by atoms with van der Waals surface area (Å²) in [5, 5.41) is 0.822. The first-order valence-corrected chi connectivity index (χ1v) is 8.60. The van der Waals surface area contributed by atoms with Crippen molar-refractivity contribution in [2.75, 3.05) is 0 Å². The molecule has 4 rings (SSSR count). The second-order valence-electron chi connectivity index (χ2n) is 6.02. The number of hydrogen-bond donors (Lipinski definition) is 1. The first-order chi connectivity index (χ1) is 12.4. The van der Waals surface area contributed by atoms with Gasteiger partial charge in [-0.05, 0) is 22.0 Å². The largest absolute Gasteiger partial charge is 0.360 e. The SMILES string of the molecule is Cn1c(=O)c2nc(Br)n(CC(=O)c3c[nH]c4ccccc34)c2n(C)c1=O. The van der Waals surface area contributed by atoms with Gasteiger partial charge in [0.25, 0.3) is 5.56 Å². The van der Waals surface area contributed by atoms with E-state index in [0.29, 0.717) is 15.9 Å². The predicted molar refractivity (Wildman–Crippen MR) is 101 cm³/mol. The van der Waals surface area contributed by atoms with E-state index >= 15 is 0 Å². The Balaban J connectivity index is 1.88. The highest BCUT2D eigenvalue weighted by atomic mass is 79.9. The van der Waals surface area contributed by atoms with Crippen LogP contribution >= 0.6 is 15.9 Å². The van der Waals surface area contributed by atoms with Gasteiger partial charge in [0.15, 0.2) is 21.7 Å². The molecule has 1 aromatic carbocycles. The van der Waals surface area contributed by atoms with Gasteiger partial charge in [-0.1, -0.05) is 18.2 Å². The summed E-state index contributed by atoms with van der Waals surface area (Å²) in [5.41, 5.74) is 0.874. The lowest BCUT2D eigenvalue weighted by atomic mass is 10.1. The number of Topliss-reactive ketones (excluding diaryl/α,β-unsaturated/α-hetero) is 1. The number of fused-ring (bicyclic) bond motifs is 2. The summed E-state index contributed by atoms with van der Waals surface area (Å²) in [5.74, 6) is -0.157. The van der Waals surface area contributed by atoms with Gasteiger partial charge in [0.1, 0.15) is 0 Å². The van der Waals surface area contributed by atoms with Crippen LogP contribution in [0.25, 0.3) is 22.1 Å². The van der Waals surface area contributed by atoms with Crippen LogP contribution in [0.2, 0.25) is 0 Å². The van der Waals surface area contributed by atoms with E-state index in [0.717, 1.165) is 15.5 Å². The average molecular weight is 416 g/mol. The predicted octanol–water partition coefficient (Wildman–Crippen LogP) is 1.56. The van der Waals surface area contributed by atoms with Crippen LogP contribution in [0.15, 0.2) is 44.8 Å². The number of para-hydroxylation sites is 1. The van der Waals surface area contributed by atoms with Gasteiger partial charge < -0.3 is 4.98 Å². The van der Waals surface area contributed by atoms with Crippen LogP contribution in [0.3, 0.4) is 0 Å². The number of ketones is 1. The molecule has 0 saturated carbocycles. The highest BCUT2D eigenvalue weighted by molar-refractivity contribution is 9.10. The zero-order chi connectivity index (χ0) is 18.6. The quantitative estimate of drug-likeness (QED) is 0.405. The van der Waals surface area contributed by atoms with E-state index in [-0.39, 0.29) is 17.8 Å². The van der Waals surface area contributed by atoms with Crippen LogP contribution in [0.4, 0.5) is 0 Å². The second kappa shape index (κ2) is 5.80. The molecule has 0 bridgehead atoms. The van der Waals surface area contributed by atoms with Gasteiger partial charge in [-0.25, -0.2) is 9.78 Å². The topological polar surface area (TPSA) is 94.7 Å². The number of carbonyl (C=O) groups is 1. The second-order valence-corrected chi connectivity index (χ2v) is 6.73. The van der Waals surface area contributed by atoms with Crippen molar-refractivity contribution in [2.45, 2.75) is 6.54 Å². The van der Waals surface area contributed by atoms with Crippen molar-refractivity contribution in [1.29, 1.82) is 0 Å². The average Bonchev–Trinajstić information content (AvgIpc) is 3.20. The molecule has 0 saturated heterocycles. The van der Waals surface area contributed by atoms with E-state index in [1.165, 1.54) is 16.2 Å². The van der Waals surface area contributed by atoms with Crippen LogP contribution in [0.5, 0.6) is 0 Å². The lowest BCUT2D eigenvalue weighted by Gasteiger charge is -2.09. The molecule has 26 heavy (non-hydrogen) atoms. The number of imidazole rings is 1. The standard InChI is InChI=1S/C17H14BrN5O3/c1-21-14-13(15(25)22(2)17(21)26)20-16(18)23(14)8-12(24)10-7-19-11-6-4-3-5-9(10)11/h3-7,19H,8H2,1-2H3. The fourth-order valence-electron chi connectivity index (χ4n) is 3.13. The molecule has 0 aliphatic carbocycles. The first-order valence-electron chi connectivity index (χ1n) is 7.81. The summed E-state index contributed by atoms with van der Waals surface area (Å²) >= 11 is 3.30. The molecule has 0 fully saturated rings. The van der Waals surface area contributed by atoms with E-state index in [1.807, 2.05) is 24.3 Å². The molecular weight excluding hydrogens is 402 g/mol. The third-order valence-corrected chi connectivity index (χ3v) is 5.09. The maximum atomic E-state index is 12.9. The van der Waals surface area contributed by atoms with Crippen molar-refractivity contribution in [3.05, 3.63) is 61.6 Å². The molecule has 0 radical (unpaired) electrons. The summed E-state index contributed by atoms with van der Waals surface area (Å²) < 4.78 is 4.16. The minimum atomic E-state index is -0.498. The molecule has 0 spiro atoms. The fraction of sp³-hybridized carbons (Fsp3) is 0.176. The molecule has 3 heterocycles. The maximum Gasteiger partial charge on any atom is 0.332 e.